The van der Waals surface area contributed by atoms with E-state index in [9.17, 15) is 19.7 Å². The third-order valence-electron chi connectivity index (χ3n) is 3.64. The summed E-state index contributed by atoms with van der Waals surface area (Å²) in [5.74, 6) is -0.257. The average Bonchev–Trinajstić information content (AvgIpc) is 2.93. The van der Waals surface area contributed by atoms with E-state index in [1.807, 2.05) is 24.3 Å². The molecular formula is C17H12N2O4. The fourth-order valence-electron chi connectivity index (χ4n) is 2.54. The van der Waals surface area contributed by atoms with Crippen molar-refractivity contribution in [1.29, 1.82) is 0 Å². The van der Waals surface area contributed by atoms with Gasteiger partial charge in [-0.1, -0.05) is 30.3 Å². The molecule has 6 heteroatoms. The van der Waals surface area contributed by atoms with Crippen molar-refractivity contribution in [1.82, 2.24) is 4.57 Å². The number of Topliss-reactive ketones (excluding diaryl/α,β-unsaturated/α-hetero) is 1. The number of aromatic nitrogens is 1. The Morgan fingerprint density at radius 1 is 1.17 bits per heavy atom. The van der Waals surface area contributed by atoms with Gasteiger partial charge >= 0.3 is 0 Å². The number of carbonyl (C=O) groups excluding carboxylic acids is 2. The predicted molar refractivity (Wildman–Crippen MR) is 84.8 cm³/mol. The van der Waals surface area contributed by atoms with Crippen LogP contribution >= 0.6 is 0 Å². The van der Waals surface area contributed by atoms with Crippen LogP contribution in [-0.4, -0.2) is 21.6 Å². The Labute approximate surface area is 131 Å². The van der Waals surface area contributed by atoms with Gasteiger partial charge in [0.1, 0.15) is 0 Å². The van der Waals surface area contributed by atoms with Crippen molar-refractivity contribution >= 4 is 28.7 Å². The van der Waals surface area contributed by atoms with Gasteiger partial charge < -0.3 is 4.57 Å². The van der Waals surface area contributed by atoms with E-state index < -0.39 is 4.92 Å². The first kappa shape index (κ1) is 14.6. The van der Waals surface area contributed by atoms with Crippen LogP contribution in [0.5, 0.6) is 0 Å². The maximum atomic E-state index is 12.4. The zero-order valence-electron chi connectivity index (χ0n) is 12.0. The van der Waals surface area contributed by atoms with Crippen molar-refractivity contribution in [2.24, 2.45) is 0 Å². The van der Waals surface area contributed by atoms with Gasteiger partial charge in [-0.2, -0.15) is 0 Å². The van der Waals surface area contributed by atoms with E-state index in [4.69, 9.17) is 0 Å². The number of carbonyl (C=O) groups is 2. The van der Waals surface area contributed by atoms with Crippen molar-refractivity contribution < 1.29 is 14.5 Å². The first-order valence-corrected chi connectivity index (χ1v) is 6.91. The second-order valence-corrected chi connectivity index (χ2v) is 5.08. The van der Waals surface area contributed by atoms with Gasteiger partial charge in [0.25, 0.3) is 5.69 Å². The number of aldehydes is 1. The molecule has 6 nitrogen and oxygen atoms in total. The van der Waals surface area contributed by atoms with Crippen LogP contribution in [0.15, 0.2) is 54.7 Å². The molecule has 0 fully saturated rings. The fourth-order valence-corrected chi connectivity index (χ4v) is 2.54. The van der Waals surface area contributed by atoms with E-state index in [-0.39, 0.29) is 23.6 Å². The molecule has 0 N–H and O–H groups in total. The molecule has 0 atom stereocenters. The molecule has 23 heavy (non-hydrogen) atoms. The van der Waals surface area contributed by atoms with Gasteiger partial charge in [-0.05, 0) is 6.07 Å². The van der Waals surface area contributed by atoms with Crippen molar-refractivity contribution in [2.45, 2.75) is 6.54 Å². The number of hydrogen-bond acceptors (Lipinski definition) is 4. The Morgan fingerprint density at radius 3 is 2.70 bits per heavy atom. The molecule has 0 radical (unpaired) electrons. The van der Waals surface area contributed by atoms with E-state index >= 15 is 0 Å². The Hall–Kier alpha value is -3.28. The quantitative estimate of drug-likeness (QED) is 0.313. The highest BCUT2D eigenvalue weighted by atomic mass is 16.6. The SMILES string of the molecule is O=Cc1cn(CC(=O)c2cccc([N+](=O)[O-])c2)c2ccccc12. The number of rotatable bonds is 5. The van der Waals surface area contributed by atoms with Gasteiger partial charge in [-0.15, -0.1) is 0 Å². The maximum Gasteiger partial charge on any atom is 0.270 e. The number of ketones is 1. The number of nitro groups is 1. The summed E-state index contributed by atoms with van der Waals surface area (Å²) in [5.41, 5.74) is 1.42. The van der Waals surface area contributed by atoms with E-state index in [0.29, 0.717) is 5.56 Å². The standard InChI is InChI=1S/C17H12N2O4/c20-11-13-9-18(16-7-2-1-6-15(13)16)10-17(21)12-4-3-5-14(8-12)19(22)23/h1-9,11H,10H2. The Bertz CT molecular complexity index is 927. The lowest BCUT2D eigenvalue weighted by atomic mass is 10.1. The lowest BCUT2D eigenvalue weighted by molar-refractivity contribution is -0.384. The number of fused-ring (bicyclic) bond motifs is 1. The molecule has 3 rings (SSSR count). The van der Waals surface area contributed by atoms with Crippen molar-refractivity contribution in [3.63, 3.8) is 0 Å². The van der Waals surface area contributed by atoms with Crippen LogP contribution in [0, 0.1) is 10.1 Å². The molecule has 1 aromatic heterocycles. The average molecular weight is 308 g/mol. The summed E-state index contributed by atoms with van der Waals surface area (Å²) < 4.78 is 1.68. The topological polar surface area (TPSA) is 82.2 Å². The monoisotopic (exact) mass is 308 g/mol. The molecule has 0 spiro atoms. The zero-order chi connectivity index (χ0) is 16.4. The highest BCUT2D eigenvalue weighted by molar-refractivity contribution is 6.00. The van der Waals surface area contributed by atoms with Crippen LogP contribution in [0.25, 0.3) is 10.9 Å². The molecule has 0 unspecified atom stereocenters. The summed E-state index contributed by atoms with van der Waals surface area (Å²) >= 11 is 0. The molecule has 0 saturated carbocycles. The van der Waals surface area contributed by atoms with E-state index in [2.05, 4.69) is 0 Å². The highest BCUT2D eigenvalue weighted by Crippen LogP contribution is 2.21. The van der Waals surface area contributed by atoms with Gasteiger partial charge in [0.2, 0.25) is 0 Å². The van der Waals surface area contributed by atoms with Crippen LogP contribution in [-0.2, 0) is 6.54 Å². The van der Waals surface area contributed by atoms with Gasteiger partial charge in [0.15, 0.2) is 12.1 Å². The fraction of sp³-hybridized carbons (Fsp3) is 0.0588. The molecule has 1 heterocycles. The number of benzene rings is 2. The Morgan fingerprint density at radius 2 is 1.96 bits per heavy atom. The van der Waals surface area contributed by atoms with Gasteiger partial charge in [0, 0.05) is 40.4 Å². The maximum absolute atomic E-state index is 12.4. The van der Waals surface area contributed by atoms with E-state index in [1.165, 1.54) is 18.2 Å². The minimum absolute atomic E-state index is 0.00945. The summed E-state index contributed by atoms with van der Waals surface area (Å²) in [6.07, 6.45) is 2.36. The van der Waals surface area contributed by atoms with Crippen LogP contribution < -0.4 is 0 Å². The molecule has 0 aliphatic heterocycles. The number of para-hydroxylation sites is 1. The molecule has 114 valence electrons. The van der Waals surface area contributed by atoms with Crippen LogP contribution in [0.1, 0.15) is 20.7 Å². The molecular weight excluding hydrogens is 296 g/mol. The Balaban J connectivity index is 1.96. The minimum atomic E-state index is -0.535. The predicted octanol–water partition coefficient (Wildman–Crippen LogP) is 3.24. The summed E-state index contributed by atoms with van der Waals surface area (Å²) in [5, 5.41) is 11.6. The van der Waals surface area contributed by atoms with Crippen LogP contribution in [0.2, 0.25) is 0 Å². The highest BCUT2D eigenvalue weighted by Gasteiger charge is 2.14. The third kappa shape index (κ3) is 2.74. The summed E-state index contributed by atoms with van der Waals surface area (Å²) in [6, 6.07) is 12.9. The molecule has 0 bridgehead atoms. The third-order valence-corrected chi connectivity index (χ3v) is 3.64. The molecule has 0 amide bonds. The van der Waals surface area contributed by atoms with E-state index in [1.54, 1.807) is 16.8 Å². The lowest BCUT2D eigenvalue weighted by Gasteiger charge is -2.05. The lowest BCUT2D eigenvalue weighted by Crippen LogP contribution is -2.09. The van der Waals surface area contributed by atoms with Gasteiger partial charge in [-0.3, -0.25) is 19.7 Å². The smallest absolute Gasteiger partial charge is 0.270 e. The summed E-state index contributed by atoms with van der Waals surface area (Å²) in [4.78, 5) is 33.8. The second-order valence-electron chi connectivity index (χ2n) is 5.08. The zero-order valence-corrected chi connectivity index (χ0v) is 12.0. The van der Waals surface area contributed by atoms with Gasteiger partial charge in [0.05, 0.1) is 11.5 Å². The van der Waals surface area contributed by atoms with Crippen molar-refractivity contribution in [3.05, 3.63) is 76.0 Å². The minimum Gasteiger partial charge on any atom is -0.339 e. The number of non-ortho nitro benzene ring substituents is 1. The number of hydrogen-bond donors (Lipinski definition) is 0. The first-order chi connectivity index (χ1) is 11.1. The van der Waals surface area contributed by atoms with Crippen molar-refractivity contribution in [3.8, 4) is 0 Å². The summed E-state index contributed by atoms with van der Waals surface area (Å²) in [6.45, 7) is 0.00945. The van der Waals surface area contributed by atoms with E-state index in [0.717, 1.165) is 17.2 Å². The van der Waals surface area contributed by atoms with Crippen LogP contribution in [0.4, 0.5) is 5.69 Å². The summed E-state index contributed by atoms with van der Waals surface area (Å²) in [7, 11) is 0. The largest absolute Gasteiger partial charge is 0.339 e. The Kier molecular flexibility index (Phi) is 3.72. The van der Waals surface area contributed by atoms with Crippen molar-refractivity contribution in [2.75, 3.05) is 0 Å². The molecule has 3 aromatic rings. The molecule has 0 aliphatic rings. The van der Waals surface area contributed by atoms with Crippen LogP contribution in [0.3, 0.4) is 0 Å². The number of nitro benzene ring substituents is 1. The normalized spacial score (nSPS) is 10.6. The molecule has 2 aromatic carbocycles. The van der Waals surface area contributed by atoms with Gasteiger partial charge in [-0.25, -0.2) is 0 Å². The first-order valence-electron chi connectivity index (χ1n) is 6.91. The second kappa shape index (κ2) is 5.84. The molecule has 0 saturated heterocycles. The molecule has 0 aliphatic carbocycles. The number of nitrogens with zero attached hydrogens (tertiary/aromatic N) is 2.